The molecule has 29 heavy (non-hydrogen) atoms. The van der Waals surface area contributed by atoms with Gasteiger partial charge in [0.1, 0.15) is 11.5 Å². The highest BCUT2D eigenvalue weighted by Crippen LogP contribution is 2.30. The maximum Gasteiger partial charge on any atom is 0.316 e. The predicted molar refractivity (Wildman–Crippen MR) is 115 cm³/mol. The number of hydrogen-bond acceptors (Lipinski definition) is 6. The van der Waals surface area contributed by atoms with E-state index < -0.39 is 5.82 Å². The number of anilines is 1. The topological polar surface area (TPSA) is 50.6 Å². The molecular formula is C21H27FN4O2S. The fourth-order valence-corrected chi connectivity index (χ4v) is 4.55. The smallest absolute Gasteiger partial charge is 0.316 e. The average Bonchev–Trinajstić information content (AvgIpc) is 2.76. The molecule has 0 spiro atoms. The van der Waals surface area contributed by atoms with E-state index in [1.54, 1.807) is 30.3 Å². The Bertz CT molecular complexity index is 892. The first-order chi connectivity index (χ1) is 14.2. The SMILES string of the molecule is CSN1CCN(c2cnn(-c3cccc(F)c3)c(=O)c2OC2CCCCC2)CC1. The van der Waals surface area contributed by atoms with E-state index in [0.29, 0.717) is 11.4 Å². The van der Waals surface area contributed by atoms with E-state index in [9.17, 15) is 9.18 Å². The van der Waals surface area contributed by atoms with Crippen LogP contribution in [-0.4, -0.2) is 52.6 Å². The van der Waals surface area contributed by atoms with Crippen molar-refractivity contribution in [1.29, 1.82) is 0 Å². The Morgan fingerprint density at radius 2 is 1.90 bits per heavy atom. The summed E-state index contributed by atoms with van der Waals surface area (Å²) in [5.74, 6) is -0.0584. The number of rotatable bonds is 5. The molecule has 8 heteroatoms. The highest BCUT2D eigenvalue weighted by Gasteiger charge is 2.26. The second-order valence-corrected chi connectivity index (χ2v) is 8.41. The van der Waals surface area contributed by atoms with Gasteiger partial charge in [-0.25, -0.2) is 8.70 Å². The number of aromatic nitrogens is 2. The van der Waals surface area contributed by atoms with Gasteiger partial charge in [-0.3, -0.25) is 4.79 Å². The zero-order valence-corrected chi connectivity index (χ0v) is 17.5. The average molecular weight is 419 g/mol. The lowest BCUT2D eigenvalue weighted by molar-refractivity contribution is 0.152. The van der Waals surface area contributed by atoms with E-state index in [1.165, 1.54) is 23.2 Å². The van der Waals surface area contributed by atoms with Crippen LogP contribution in [0.15, 0.2) is 35.3 Å². The van der Waals surface area contributed by atoms with Gasteiger partial charge >= 0.3 is 5.56 Å². The molecule has 1 aliphatic heterocycles. The van der Waals surface area contributed by atoms with E-state index in [0.717, 1.165) is 57.5 Å². The molecular weight excluding hydrogens is 391 g/mol. The van der Waals surface area contributed by atoms with Crippen molar-refractivity contribution in [2.45, 2.75) is 38.2 Å². The lowest BCUT2D eigenvalue weighted by Gasteiger charge is -2.35. The quantitative estimate of drug-likeness (QED) is 0.693. The van der Waals surface area contributed by atoms with Crippen LogP contribution in [0.2, 0.25) is 0 Å². The molecule has 1 aromatic carbocycles. The lowest BCUT2D eigenvalue weighted by atomic mass is 9.98. The van der Waals surface area contributed by atoms with Gasteiger partial charge in [-0.1, -0.05) is 24.4 Å². The van der Waals surface area contributed by atoms with Crippen molar-refractivity contribution in [2.24, 2.45) is 0 Å². The van der Waals surface area contributed by atoms with Crippen molar-refractivity contribution in [3.05, 3.63) is 46.6 Å². The van der Waals surface area contributed by atoms with E-state index in [-0.39, 0.29) is 11.7 Å². The van der Waals surface area contributed by atoms with Crippen LogP contribution in [0, 0.1) is 5.82 Å². The Balaban J connectivity index is 1.70. The Morgan fingerprint density at radius 3 is 2.59 bits per heavy atom. The summed E-state index contributed by atoms with van der Waals surface area (Å²) in [7, 11) is 0. The second kappa shape index (κ2) is 9.17. The van der Waals surface area contributed by atoms with Crippen LogP contribution in [0.1, 0.15) is 32.1 Å². The molecule has 0 atom stereocenters. The number of piperazine rings is 1. The summed E-state index contributed by atoms with van der Waals surface area (Å²) in [5, 5.41) is 4.35. The Morgan fingerprint density at radius 1 is 1.14 bits per heavy atom. The Kier molecular flexibility index (Phi) is 6.40. The van der Waals surface area contributed by atoms with Crippen molar-refractivity contribution in [3.8, 4) is 11.4 Å². The molecule has 6 nitrogen and oxygen atoms in total. The third kappa shape index (κ3) is 4.59. The molecule has 1 aliphatic carbocycles. The number of ether oxygens (including phenoxy) is 1. The van der Waals surface area contributed by atoms with Crippen molar-refractivity contribution in [1.82, 2.24) is 14.1 Å². The molecule has 1 saturated carbocycles. The van der Waals surface area contributed by atoms with Gasteiger partial charge in [-0.05, 0) is 50.1 Å². The summed E-state index contributed by atoms with van der Waals surface area (Å²) in [5.41, 5.74) is 0.821. The Hall–Kier alpha value is -2.06. The third-order valence-electron chi connectivity index (χ3n) is 5.64. The van der Waals surface area contributed by atoms with Gasteiger partial charge in [-0.15, -0.1) is 0 Å². The van der Waals surface area contributed by atoms with Gasteiger partial charge in [0.25, 0.3) is 0 Å². The van der Waals surface area contributed by atoms with Crippen molar-refractivity contribution < 1.29 is 9.13 Å². The molecule has 1 aromatic heterocycles. The number of nitrogens with zero attached hydrogens (tertiary/aromatic N) is 4. The van der Waals surface area contributed by atoms with E-state index in [4.69, 9.17) is 4.74 Å². The minimum absolute atomic E-state index is 0.0473. The van der Waals surface area contributed by atoms with Crippen LogP contribution in [0.5, 0.6) is 5.75 Å². The summed E-state index contributed by atoms with van der Waals surface area (Å²) in [4.78, 5) is 15.5. The molecule has 1 saturated heterocycles. The fourth-order valence-electron chi connectivity index (χ4n) is 4.02. The first kappa shape index (κ1) is 20.2. The number of benzene rings is 1. The highest BCUT2D eigenvalue weighted by molar-refractivity contribution is 7.96. The number of hydrogen-bond donors (Lipinski definition) is 0. The van der Waals surface area contributed by atoms with Crippen LogP contribution in [0.4, 0.5) is 10.1 Å². The maximum absolute atomic E-state index is 13.7. The number of halogens is 1. The first-order valence-electron chi connectivity index (χ1n) is 10.2. The third-order valence-corrected chi connectivity index (χ3v) is 6.52. The monoisotopic (exact) mass is 418 g/mol. The largest absolute Gasteiger partial charge is 0.483 e. The van der Waals surface area contributed by atoms with Crippen LogP contribution in [0.25, 0.3) is 5.69 Å². The molecule has 2 fully saturated rings. The van der Waals surface area contributed by atoms with E-state index >= 15 is 0 Å². The molecule has 2 aromatic rings. The van der Waals surface area contributed by atoms with Crippen LogP contribution in [-0.2, 0) is 0 Å². The molecule has 156 valence electrons. The molecule has 0 radical (unpaired) electrons. The molecule has 0 N–H and O–H groups in total. The van der Waals surface area contributed by atoms with Gasteiger partial charge < -0.3 is 9.64 Å². The van der Waals surface area contributed by atoms with Crippen molar-refractivity contribution >= 4 is 17.6 Å². The normalized spacial score (nSPS) is 18.8. The highest BCUT2D eigenvalue weighted by atomic mass is 32.2. The van der Waals surface area contributed by atoms with Crippen molar-refractivity contribution in [2.75, 3.05) is 37.3 Å². The summed E-state index contributed by atoms with van der Waals surface area (Å²) in [6.07, 6.45) is 9.20. The van der Waals surface area contributed by atoms with Gasteiger partial charge in [-0.2, -0.15) is 9.78 Å². The van der Waals surface area contributed by atoms with E-state index in [1.807, 2.05) is 0 Å². The maximum atomic E-state index is 13.7. The Labute approximate surface area is 174 Å². The molecule has 2 heterocycles. The summed E-state index contributed by atoms with van der Waals surface area (Å²) >= 11 is 1.74. The van der Waals surface area contributed by atoms with Crippen LogP contribution in [0.3, 0.4) is 0 Å². The minimum atomic E-state index is -0.400. The van der Waals surface area contributed by atoms with Crippen LogP contribution >= 0.6 is 11.9 Å². The van der Waals surface area contributed by atoms with Gasteiger partial charge in [0.05, 0.1) is 18.0 Å². The standard InChI is InChI=1S/C21H27FN4O2S/c1-29-25-12-10-24(11-13-25)19-15-23-26(17-7-5-6-16(22)14-17)21(27)20(19)28-18-8-3-2-4-9-18/h5-7,14-15,18H,2-4,8-13H2,1H3. The minimum Gasteiger partial charge on any atom is -0.483 e. The molecule has 0 bridgehead atoms. The summed E-state index contributed by atoms with van der Waals surface area (Å²) in [6.45, 7) is 3.45. The second-order valence-electron chi connectivity index (χ2n) is 7.53. The van der Waals surface area contributed by atoms with Gasteiger partial charge in [0.2, 0.25) is 5.75 Å². The molecule has 0 unspecified atom stereocenters. The predicted octanol–water partition coefficient (Wildman–Crippen LogP) is 3.48. The molecule has 2 aliphatic rings. The van der Waals surface area contributed by atoms with E-state index in [2.05, 4.69) is 20.6 Å². The summed E-state index contributed by atoms with van der Waals surface area (Å²) in [6, 6.07) is 5.93. The lowest BCUT2D eigenvalue weighted by Crippen LogP contribution is -2.44. The van der Waals surface area contributed by atoms with Crippen LogP contribution < -0.4 is 15.2 Å². The molecule has 4 rings (SSSR count). The zero-order valence-electron chi connectivity index (χ0n) is 16.7. The zero-order chi connectivity index (χ0) is 20.2. The van der Waals surface area contributed by atoms with Crippen molar-refractivity contribution in [3.63, 3.8) is 0 Å². The van der Waals surface area contributed by atoms with Gasteiger partial charge in [0, 0.05) is 26.2 Å². The fraction of sp³-hybridized carbons (Fsp3) is 0.524. The summed E-state index contributed by atoms with van der Waals surface area (Å²) < 4.78 is 23.5. The first-order valence-corrected chi connectivity index (χ1v) is 11.4. The molecule has 0 amide bonds. The van der Waals surface area contributed by atoms with Gasteiger partial charge in [0.15, 0.2) is 0 Å².